The van der Waals surface area contributed by atoms with Crippen molar-refractivity contribution < 1.29 is 0 Å². The van der Waals surface area contributed by atoms with Crippen molar-refractivity contribution in [1.29, 1.82) is 0 Å². The maximum absolute atomic E-state index is 2.56. The summed E-state index contributed by atoms with van der Waals surface area (Å²) in [6, 6.07) is 17.8. The first-order valence-corrected chi connectivity index (χ1v) is 6.30. The summed E-state index contributed by atoms with van der Waals surface area (Å²) >= 11 is 0. The lowest BCUT2D eigenvalue weighted by atomic mass is 9.80. The predicted molar refractivity (Wildman–Crippen MR) is 68.8 cm³/mol. The molecule has 17 heavy (non-hydrogen) atoms. The minimum Gasteiger partial charge on any atom is -0.294 e. The van der Waals surface area contributed by atoms with Crippen molar-refractivity contribution in [2.75, 3.05) is 6.54 Å². The van der Waals surface area contributed by atoms with Gasteiger partial charge in [0.1, 0.15) is 0 Å². The van der Waals surface area contributed by atoms with Crippen LogP contribution in [0.3, 0.4) is 0 Å². The molecular weight excluding hydrogens is 206 g/mol. The molecular formula is C16H15N. The lowest BCUT2D eigenvalue weighted by Crippen LogP contribution is -2.38. The van der Waals surface area contributed by atoms with Gasteiger partial charge in [-0.1, -0.05) is 48.5 Å². The SMILES string of the molecule is c1ccc2c(c1)CN1Cc3ccccc3C2C1. The van der Waals surface area contributed by atoms with E-state index in [1.165, 1.54) is 28.8 Å². The lowest BCUT2D eigenvalue weighted by Gasteiger charge is -2.40. The Hall–Kier alpha value is -1.60. The molecule has 0 aliphatic carbocycles. The molecule has 0 spiro atoms. The third-order valence-electron chi connectivity index (χ3n) is 4.09. The lowest BCUT2D eigenvalue weighted by molar-refractivity contribution is 0.215. The van der Waals surface area contributed by atoms with E-state index < -0.39 is 0 Å². The molecule has 2 bridgehead atoms. The highest BCUT2D eigenvalue weighted by molar-refractivity contribution is 5.45. The largest absolute Gasteiger partial charge is 0.294 e. The fraction of sp³-hybridized carbons (Fsp3) is 0.250. The van der Waals surface area contributed by atoms with Gasteiger partial charge in [0.15, 0.2) is 0 Å². The number of fused-ring (bicyclic) bond motifs is 6. The van der Waals surface area contributed by atoms with Crippen molar-refractivity contribution in [3.8, 4) is 0 Å². The van der Waals surface area contributed by atoms with E-state index in [1.807, 2.05) is 0 Å². The number of benzene rings is 2. The smallest absolute Gasteiger partial charge is 0.0240 e. The molecule has 0 radical (unpaired) electrons. The molecule has 1 heteroatoms. The zero-order valence-corrected chi connectivity index (χ0v) is 9.76. The molecule has 2 heterocycles. The van der Waals surface area contributed by atoms with Crippen molar-refractivity contribution in [2.24, 2.45) is 0 Å². The molecule has 2 aliphatic heterocycles. The molecule has 1 nitrogen and oxygen atoms in total. The minimum absolute atomic E-state index is 0.588. The summed E-state index contributed by atoms with van der Waals surface area (Å²) in [4.78, 5) is 2.56. The molecule has 0 saturated heterocycles. The fourth-order valence-corrected chi connectivity index (χ4v) is 3.33. The van der Waals surface area contributed by atoms with E-state index in [0.717, 1.165) is 13.1 Å². The Balaban J connectivity index is 1.94. The standard InChI is InChI=1S/C16H15N/c1-3-7-14-12(5-1)9-17-10-13-6-2-4-8-15(13)16(14)11-17/h1-8,16H,9-11H2. The average molecular weight is 221 g/mol. The summed E-state index contributed by atoms with van der Waals surface area (Å²) in [5, 5.41) is 0. The molecule has 0 aromatic heterocycles. The van der Waals surface area contributed by atoms with Crippen LogP contribution < -0.4 is 0 Å². The Bertz CT molecular complexity index is 524. The molecule has 4 rings (SSSR count). The Morgan fingerprint density at radius 2 is 1.29 bits per heavy atom. The normalized spacial score (nSPS) is 24.9. The van der Waals surface area contributed by atoms with Gasteiger partial charge in [-0.25, -0.2) is 0 Å². The molecule has 0 unspecified atom stereocenters. The Kier molecular flexibility index (Phi) is 1.91. The molecule has 0 fully saturated rings. The van der Waals surface area contributed by atoms with Crippen LogP contribution in [0.15, 0.2) is 48.5 Å². The maximum Gasteiger partial charge on any atom is 0.0240 e. The second-order valence-electron chi connectivity index (χ2n) is 5.12. The zero-order chi connectivity index (χ0) is 11.2. The third-order valence-corrected chi connectivity index (χ3v) is 4.09. The van der Waals surface area contributed by atoms with Crippen LogP contribution in [0.5, 0.6) is 0 Å². The molecule has 2 aromatic rings. The van der Waals surface area contributed by atoms with Crippen LogP contribution in [0, 0.1) is 0 Å². The highest BCUT2D eigenvalue weighted by Crippen LogP contribution is 2.39. The first-order chi connectivity index (χ1) is 8.42. The van der Waals surface area contributed by atoms with E-state index in [1.54, 1.807) is 0 Å². The quantitative estimate of drug-likeness (QED) is 0.660. The minimum atomic E-state index is 0.588. The number of hydrogen-bond acceptors (Lipinski definition) is 1. The van der Waals surface area contributed by atoms with Crippen LogP contribution in [0.4, 0.5) is 0 Å². The first-order valence-electron chi connectivity index (χ1n) is 6.30. The number of hydrogen-bond donors (Lipinski definition) is 0. The van der Waals surface area contributed by atoms with Crippen LogP contribution in [0.2, 0.25) is 0 Å². The maximum atomic E-state index is 2.56. The molecule has 0 saturated carbocycles. The van der Waals surface area contributed by atoms with Gasteiger partial charge in [0.05, 0.1) is 0 Å². The van der Waals surface area contributed by atoms with Crippen molar-refractivity contribution in [3.05, 3.63) is 70.8 Å². The van der Waals surface area contributed by atoms with Gasteiger partial charge >= 0.3 is 0 Å². The van der Waals surface area contributed by atoms with Gasteiger partial charge in [0.25, 0.3) is 0 Å². The van der Waals surface area contributed by atoms with Crippen LogP contribution in [-0.2, 0) is 13.1 Å². The fourth-order valence-electron chi connectivity index (χ4n) is 3.33. The number of rotatable bonds is 0. The topological polar surface area (TPSA) is 3.24 Å². The zero-order valence-electron chi connectivity index (χ0n) is 9.76. The number of nitrogens with zero attached hydrogens (tertiary/aromatic N) is 1. The van der Waals surface area contributed by atoms with Crippen LogP contribution in [-0.4, -0.2) is 11.4 Å². The van der Waals surface area contributed by atoms with Gasteiger partial charge < -0.3 is 0 Å². The molecule has 0 N–H and O–H groups in total. The Morgan fingerprint density at radius 1 is 0.765 bits per heavy atom. The molecule has 0 amide bonds. The molecule has 0 atom stereocenters. The Labute approximate surface area is 102 Å². The summed E-state index contributed by atoms with van der Waals surface area (Å²) in [5.74, 6) is 0.588. The van der Waals surface area contributed by atoms with Crippen molar-refractivity contribution in [3.63, 3.8) is 0 Å². The summed E-state index contributed by atoms with van der Waals surface area (Å²) in [6.45, 7) is 3.41. The molecule has 2 aliphatic rings. The summed E-state index contributed by atoms with van der Waals surface area (Å²) < 4.78 is 0. The van der Waals surface area contributed by atoms with Gasteiger partial charge in [-0.3, -0.25) is 4.90 Å². The second-order valence-corrected chi connectivity index (χ2v) is 5.12. The first kappa shape index (κ1) is 9.43. The molecule has 2 aromatic carbocycles. The summed E-state index contributed by atoms with van der Waals surface area (Å²) in [7, 11) is 0. The van der Waals surface area contributed by atoms with E-state index in [-0.39, 0.29) is 0 Å². The highest BCUT2D eigenvalue weighted by atomic mass is 15.1. The van der Waals surface area contributed by atoms with E-state index in [9.17, 15) is 0 Å². The molecule has 84 valence electrons. The second kappa shape index (κ2) is 3.44. The van der Waals surface area contributed by atoms with Crippen LogP contribution in [0.25, 0.3) is 0 Å². The van der Waals surface area contributed by atoms with E-state index in [0.29, 0.717) is 5.92 Å². The Morgan fingerprint density at radius 3 is 1.88 bits per heavy atom. The van der Waals surface area contributed by atoms with Crippen molar-refractivity contribution >= 4 is 0 Å². The summed E-state index contributed by atoms with van der Waals surface area (Å²) in [6.07, 6.45) is 0. The van der Waals surface area contributed by atoms with E-state index >= 15 is 0 Å². The van der Waals surface area contributed by atoms with Gasteiger partial charge in [0, 0.05) is 25.6 Å². The third kappa shape index (κ3) is 1.36. The van der Waals surface area contributed by atoms with Crippen molar-refractivity contribution in [1.82, 2.24) is 4.90 Å². The van der Waals surface area contributed by atoms with Crippen molar-refractivity contribution in [2.45, 2.75) is 19.0 Å². The van der Waals surface area contributed by atoms with Gasteiger partial charge in [-0.15, -0.1) is 0 Å². The van der Waals surface area contributed by atoms with Crippen LogP contribution in [0.1, 0.15) is 28.2 Å². The van der Waals surface area contributed by atoms with Gasteiger partial charge in [-0.2, -0.15) is 0 Å². The predicted octanol–water partition coefficient (Wildman–Crippen LogP) is 3.15. The van der Waals surface area contributed by atoms with Crippen LogP contribution >= 0.6 is 0 Å². The monoisotopic (exact) mass is 221 g/mol. The van der Waals surface area contributed by atoms with E-state index in [4.69, 9.17) is 0 Å². The van der Waals surface area contributed by atoms with E-state index in [2.05, 4.69) is 53.4 Å². The van der Waals surface area contributed by atoms with Gasteiger partial charge in [0.2, 0.25) is 0 Å². The summed E-state index contributed by atoms with van der Waals surface area (Å²) in [5.41, 5.74) is 6.10. The highest BCUT2D eigenvalue weighted by Gasteiger charge is 2.31. The van der Waals surface area contributed by atoms with Gasteiger partial charge in [-0.05, 0) is 22.3 Å². The average Bonchev–Trinajstić information content (AvgIpc) is 2.39.